The van der Waals surface area contributed by atoms with Crippen LogP contribution in [0.4, 0.5) is 11.4 Å². The molecule has 1 aliphatic heterocycles. The van der Waals surface area contributed by atoms with Gasteiger partial charge in [-0.15, -0.1) is 12.6 Å². The van der Waals surface area contributed by atoms with Crippen LogP contribution in [0.15, 0.2) is 72.8 Å². The van der Waals surface area contributed by atoms with Crippen LogP contribution >= 0.6 is 24.8 Å². The third-order valence-corrected chi connectivity index (χ3v) is 7.80. The summed E-state index contributed by atoms with van der Waals surface area (Å²) in [5.74, 6) is -2.25. The zero-order valence-corrected chi connectivity index (χ0v) is 22.6. The van der Waals surface area contributed by atoms with E-state index < -0.39 is 24.4 Å². The van der Waals surface area contributed by atoms with Gasteiger partial charge in [0.25, 0.3) is 5.91 Å². The molecule has 9 heteroatoms. The highest BCUT2D eigenvalue weighted by Gasteiger charge is 2.42. The van der Waals surface area contributed by atoms with Crippen molar-refractivity contribution < 1.29 is 24.6 Å². The van der Waals surface area contributed by atoms with Crippen LogP contribution in [-0.4, -0.2) is 49.9 Å². The number of nitrogens with zero attached hydrogens (tertiary/aromatic N) is 2. The molecular formula is C30H26N2O5S2. The molecule has 7 nitrogen and oxygen atoms in total. The number of thiocarbonyl (C=S) groups is 1. The first kappa shape index (κ1) is 26.6. The highest BCUT2D eigenvalue weighted by molar-refractivity contribution is 8.11. The summed E-state index contributed by atoms with van der Waals surface area (Å²) in [5.41, 5.74) is 6.58. The van der Waals surface area contributed by atoms with Gasteiger partial charge in [0.05, 0.1) is 5.56 Å². The fraction of sp³-hybridized carbons (Fsp3) is 0.200. The van der Waals surface area contributed by atoms with Gasteiger partial charge in [-0.25, -0.2) is 4.79 Å². The van der Waals surface area contributed by atoms with Gasteiger partial charge in [0.1, 0.15) is 10.9 Å². The van der Waals surface area contributed by atoms with Gasteiger partial charge in [-0.05, 0) is 77.6 Å². The summed E-state index contributed by atoms with van der Waals surface area (Å²) in [6, 6.07) is 21.7. The zero-order valence-electron chi connectivity index (χ0n) is 20.9. The number of thiol groups is 1. The second-order valence-electron chi connectivity index (χ2n) is 9.66. The van der Waals surface area contributed by atoms with E-state index in [0.717, 1.165) is 52.2 Å². The van der Waals surface area contributed by atoms with Gasteiger partial charge in [-0.3, -0.25) is 14.5 Å². The normalized spacial score (nSPS) is 17.6. The van der Waals surface area contributed by atoms with Gasteiger partial charge in [0.15, 0.2) is 0 Å². The Morgan fingerprint density at radius 2 is 1.64 bits per heavy atom. The molecule has 3 aromatic carbocycles. The van der Waals surface area contributed by atoms with Crippen molar-refractivity contribution in [2.75, 3.05) is 11.4 Å². The number of carboxylic acid groups (broad SMARTS) is 2. The number of amides is 1. The number of anilines is 2. The molecule has 2 aliphatic rings. The number of benzene rings is 3. The molecule has 0 radical (unpaired) electrons. The topological polar surface area (TPSA) is 98.2 Å². The summed E-state index contributed by atoms with van der Waals surface area (Å²) in [5, 5.41) is 18.2. The number of rotatable bonds is 7. The lowest BCUT2D eigenvalue weighted by molar-refractivity contribution is -0.140. The lowest BCUT2D eigenvalue weighted by Gasteiger charge is -2.27. The van der Waals surface area contributed by atoms with Crippen LogP contribution < -0.4 is 4.90 Å². The SMILES string of the molecule is O=C(O)CN(C(=O)/C=C/c1ccc2c(c1)C1CCCC1N2c1ccc(-c2ccc(C(=O)O)cc2)cc1)C(=S)S. The molecule has 5 rings (SSSR count). The molecule has 1 amide bonds. The Balaban J connectivity index is 1.39. The number of carbonyl (C=O) groups is 3. The molecule has 2 unspecified atom stereocenters. The first-order valence-electron chi connectivity index (χ1n) is 12.5. The van der Waals surface area contributed by atoms with Crippen LogP contribution in [-0.2, 0) is 9.59 Å². The molecule has 1 heterocycles. The van der Waals surface area contributed by atoms with E-state index in [1.165, 1.54) is 11.6 Å². The third-order valence-electron chi connectivity index (χ3n) is 7.34. The highest BCUT2D eigenvalue weighted by Crippen LogP contribution is 2.52. The van der Waals surface area contributed by atoms with Gasteiger partial charge in [-0.1, -0.05) is 49.0 Å². The van der Waals surface area contributed by atoms with E-state index in [4.69, 9.17) is 22.4 Å². The molecule has 1 aliphatic carbocycles. The molecule has 0 spiro atoms. The number of carboxylic acids is 2. The van der Waals surface area contributed by atoms with E-state index in [1.54, 1.807) is 18.2 Å². The van der Waals surface area contributed by atoms with Gasteiger partial charge in [-0.2, -0.15) is 0 Å². The predicted molar refractivity (Wildman–Crippen MR) is 158 cm³/mol. The van der Waals surface area contributed by atoms with Crippen LogP contribution in [0.3, 0.4) is 0 Å². The van der Waals surface area contributed by atoms with Gasteiger partial charge < -0.3 is 15.1 Å². The molecule has 39 heavy (non-hydrogen) atoms. The maximum Gasteiger partial charge on any atom is 0.335 e. The average molecular weight is 559 g/mol. The molecule has 2 atom stereocenters. The molecule has 2 N–H and O–H groups in total. The van der Waals surface area contributed by atoms with E-state index >= 15 is 0 Å². The Bertz CT molecular complexity index is 1480. The van der Waals surface area contributed by atoms with Crippen molar-refractivity contribution in [2.24, 2.45) is 0 Å². The summed E-state index contributed by atoms with van der Waals surface area (Å²) in [6.07, 6.45) is 6.33. The first-order valence-corrected chi connectivity index (χ1v) is 13.4. The lowest BCUT2D eigenvalue weighted by Crippen LogP contribution is -2.36. The first-order chi connectivity index (χ1) is 18.7. The Labute approximate surface area is 236 Å². The minimum atomic E-state index is -1.16. The number of aliphatic carboxylic acids is 1. The van der Waals surface area contributed by atoms with Crippen molar-refractivity contribution in [1.82, 2.24) is 4.90 Å². The highest BCUT2D eigenvalue weighted by atomic mass is 32.1. The maximum absolute atomic E-state index is 12.5. The van der Waals surface area contributed by atoms with Crippen molar-refractivity contribution in [3.8, 4) is 11.1 Å². The quantitative estimate of drug-likeness (QED) is 0.186. The van der Waals surface area contributed by atoms with Crippen molar-refractivity contribution in [3.63, 3.8) is 0 Å². The van der Waals surface area contributed by atoms with E-state index in [9.17, 15) is 14.4 Å². The van der Waals surface area contributed by atoms with Gasteiger partial charge >= 0.3 is 11.9 Å². The number of carbonyl (C=O) groups excluding carboxylic acids is 1. The van der Waals surface area contributed by atoms with E-state index in [1.807, 2.05) is 18.2 Å². The molecule has 1 fully saturated rings. The molecule has 3 aromatic rings. The monoisotopic (exact) mass is 558 g/mol. The fourth-order valence-electron chi connectivity index (χ4n) is 5.57. The number of hydrogen-bond acceptors (Lipinski definition) is 5. The van der Waals surface area contributed by atoms with E-state index in [2.05, 4.69) is 53.9 Å². The van der Waals surface area contributed by atoms with Crippen molar-refractivity contribution in [3.05, 3.63) is 89.5 Å². The van der Waals surface area contributed by atoms with Crippen LogP contribution in [0.1, 0.15) is 46.7 Å². The van der Waals surface area contributed by atoms with Gasteiger partial charge in [0.2, 0.25) is 0 Å². The average Bonchev–Trinajstić information content (AvgIpc) is 3.51. The number of hydrogen-bond donors (Lipinski definition) is 3. The Morgan fingerprint density at radius 3 is 2.26 bits per heavy atom. The largest absolute Gasteiger partial charge is 0.480 e. The minimum Gasteiger partial charge on any atom is -0.480 e. The van der Waals surface area contributed by atoms with Crippen molar-refractivity contribution in [1.29, 1.82) is 0 Å². The minimum absolute atomic E-state index is 0.0891. The third kappa shape index (κ3) is 5.46. The fourth-order valence-corrected chi connectivity index (χ4v) is 5.89. The van der Waals surface area contributed by atoms with Crippen LogP contribution in [0.5, 0.6) is 0 Å². The molecule has 1 saturated carbocycles. The van der Waals surface area contributed by atoms with Crippen LogP contribution in [0.2, 0.25) is 0 Å². The Hall–Kier alpha value is -3.95. The number of fused-ring (bicyclic) bond motifs is 3. The summed E-state index contributed by atoms with van der Waals surface area (Å²) in [6.45, 7) is -0.541. The van der Waals surface area contributed by atoms with E-state index in [-0.39, 0.29) is 9.88 Å². The zero-order chi connectivity index (χ0) is 27.7. The standard InChI is InChI=1S/C30H26N2O5S2/c33-27(31(30(38)39)17-28(34)35)15-5-18-4-14-26-24(16-18)23-2-1-3-25(23)32(26)22-12-10-20(11-13-22)19-6-8-21(9-7-19)29(36)37/h4-16,23,25H,1-3,17H2,(H,34,35)(H,36,37)(H,38,39)/b15-5+. The summed E-state index contributed by atoms with van der Waals surface area (Å²) in [7, 11) is 0. The molecule has 0 aromatic heterocycles. The summed E-state index contributed by atoms with van der Waals surface area (Å²) >= 11 is 8.89. The van der Waals surface area contributed by atoms with Crippen LogP contribution in [0.25, 0.3) is 17.2 Å². The smallest absolute Gasteiger partial charge is 0.335 e. The van der Waals surface area contributed by atoms with E-state index in [0.29, 0.717) is 12.0 Å². The molecule has 0 saturated heterocycles. The Kier molecular flexibility index (Phi) is 7.54. The second-order valence-corrected chi connectivity index (χ2v) is 10.8. The molecular weight excluding hydrogens is 532 g/mol. The van der Waals surface area contributed by atoms with Crippen molar-refractivity contribution >= 4 is 64.5 Å². The van der Waals surface area contributed by atoms with Gasteiger partial charge in [0, 0.05) is 29.4 Å². The maximum atomic E-state index is 12.5. The molecule has 0 bridgehead atoms. The van der Waals surface area contributed by atoms with Crippen molar-refractivity contribution in [2.45, 2.75) is 31.2 Å². The predicted octanol–water partition coefficient (Wildman–Crippen LogP) is 5.98. The number of aromatic carboxylic acids is 1. The second kappa shape index (κ2) is 11.0. The lowest BCUT2D eigenvalue weighted by atomic mass is 9.96. The summed E-state index contributed by atoms with van der Waals surface area (Å²) < 4.78 is -0.0891. The Morgan fingerprint density at radius 1 is 0.974 bits per heavy atom. The van der Waals surface area contributed by atoms with Crippen LogP contribution in [0, 0.1) is 0 Å². The molecule has 198 valence electrons. The summed E-state index contributed by atoms with van der Waals surface area (Å²) in [4.78, 5) is 38.1.